The number of unbranched alkanes of at least 4 members (excludes halogenated alkanes) is 1. The summed E-state index contributed by atoms with van der Waals surface area (Å²) in [6.07, 6.45) is 3.00. The second kappa shape index (κ2) is 7.98. The lowest BCUT2D eigenvalue weighted by atomic mass is 9.93. The minimum Gasteiger partial charge on any atom is -0.368 e. The molecule has 0 rings (SSSR count). The van der Waals surface area contributed by atoms with Crippen molar-refractivity contribution >= 4 is 17.7 Å². The molecule has 0 aromatic rings. The lowest BCUT2D eigenvalue weighted by molar-refractivity contribution is -0.124. The Balaban J connectivity index is 3.97. The van der Waals surface area contributed by atoms with Crippen molar-refractivity contribution in [3.05, 3.63) is 0 Å². The predicted octanol–water partition coefficient (Wildman–Crippen LogP) is 2.54. The van der Waals surface area contributed by atoms with E-state index in [0.717, 1.165) is 25.0 Å². The van der Waals surface area contributed by atoms with E-state index in [-0.39, 0.29) is 11.9 Å². The largest absolute Gasteiger partial charge is 0.368 e. The quantitative estimate of drug-likeness (QED) is 0.626. The molecule has 17 heavy (non-hydrogen) atoms. The van der Waals surface area contributed by atoms with Crippen LogP contribution in [0.2, 0.25) is 0 Å². The molecule has 3 nitrogen and oxygen atoms in total. The molecule has 1 amide bonds. The van der Waals surface area contributed by atoms with E-state index >= 15 is 0 Å². The molecular formula is C13H28N2OS. The third-order valence-electron chi connectivity index (χ3n) is 2.67. The summed E-state index contributed by atoms with van der Waals surface area (Å²) in [5, 5.41) is 3.96. The van der Waals surface area contributed by atoms with Crippen LogP contribution in [-0.2, 0) is 4.79 Å². The Morgan fingerprint density at radius 3 is 2.29 bits per heavy atom. The van der Waals surface area contributed by atoms with Gasteiger partial charge in [0.2, 0.25) is 5.91 Å². The number of primary amides is 1. The van der Waals surface area contributed by atoms with Gasteiger partial charge in [0.1, 0.15) is 0 Å². The lowest BCUT2D eigenvalue weighted by Gasteiger charge is -2.29. The van der Waals surface area contributed by atoms with Gasteiger partial charge in [-0.25, -0.2) is 0 Å². The van der Waals surface area contributed by atoms with Crippen molar-refractivity contribution in [1.29, 1.82) is 0 Å². The zero-order valence-electron chi connectivity index (χ0n) is 11.9. The summed E-state index contributed by atoms with van der Waals surface area (Å²) in [5.74, 6) is 0.913. The molecule has 3 N–H and O–H groups in total. The summed E-state index contributed by atoms with van der Waals surface area (Å²) < 4.78 is 0. The molecule has 0 aromatic carbocycles. The summed E-state index contributed by atoms with van der Waals surface area (Å²) in [6, 6.07) is 0.275. The van der Waals surface area contributed by atoms with E-state index in [1.165, 1.54) is 0 Å². The van der Waals surface area contributed by atoms with Crippen molar-refractivity contribution in [3.63, 3.8) is 0 Å². The third kappa shape index (κ3) is 7.66. The zero-order chi connectivity index (χ0) is 13.5. The molecule has 1 atom stereocenters. The maximum atomic E-state index is 11.5. The van der Waals surface area contributed by atoms with Crippen LogP contribution < -0.4 is 11.1 Å². The van der Waals surface area contributed by atoms with Gasteiger partial charge in [-0.2, -0.15) is 11.8 Å². The molecule has 0 spiro atoms. The number of hydrogen-bond donors (Lipinski definition) is 2. The number of hydrogen-bond acceptors (Lipinski definition) is 3. The molecule has 0 saturated carbocycles. The molecule has 102 valence electrons. The van der Waals surface area contributed by atoms with Gasteiger partial charge in [-0.1, -0.05) is 20.3 Å². The number of rotatable bonds is 9. The summed E-state index contributed by atoms with van der Waals surface area (Å²) in [7, 11) is 0. The first-order chi connectivity index (χ1) is 7.78. The second-order valence-corrected chi connectivity index (χ2v) is 7.06. The van der Waals surface area contributed by atoms with Crippen LogP contribution in [-0.4, -0.2) is 28.5 Å². The fourth-order valence-corrected chi connectivity index (χ4v) is 2.65. The Morgan fingerprint density at radius 2 is 1.88 bits per heavy atom. The fraction of sp³-hybridized carbons (Fsp3) is 0.923. The summed E-state index contributed by atoms with van der Waals surface area (Å²) >= 11 is 1.97. The number of thioether (sulfide) groups is 1. The molecule has 1 unspecified atom stereocenters. The SMILES string of the molecule is CC(C)NC(C)(CCCCSC(C)C)C(N)=O. The van der Waals surface area contributed by atoms with Gasteiger partial charge >= 0.3 is 0 Å². The average molecular weight is 260 g/mol. The van der Waals surface area contributed by atoms with E-state index in [0.29, 0.717) is 5.25 Å². The van der Waals surface area contributed by atoms with Crippen molar-refractivity contribution in [2.75, 3.05) is 5.75 Å². The van der Waals surface area contributed by atoms with Gasteiger partial charge in [0, 0.05) is 6.04 Å². The Bertz CT molecular complexity index is 231. The predicted molar refractivity (Wildman–Crippen MR) is 77.3 cm³/mol. The summed E-state index contributed by atoms with van der Waals surface area (Å²) in [6.45, 7) is 10.4. The van der Waals surface area contributed by atoms with E-state index in [1.807, 2.05) is 32.5 Å². The van der Waals surface area contributed by atoms with E-state index in [9.17, 15) is 4.79 Å². The van der Waals surface area contributed by atoms with Crippen LogP contribution in [0.15, 0.2) is 0 Å². The van der Waals surface area contributed by atoms with Gasteiger partial charge in [0.15, 0.2) is 0 Å². The second-order valence-electron chi connectivity index (χ2n) is 5.37. The molecular weight excluding hydrogens is 232 g/mol. The van der Waals surface area contributed by atoms with Crippen LogP contribution in [0, 0.1) is 0 Å². The summed E-state index contributed by atoms with van der Waals surface area (Å²) in [4.78, 5) is 11.5. The van der Waals surface area contributed by atoms with Crippen molar-refractivity contribution in [2.45, 2.75) is 70.7 Å². The van der Waals surface area contributed by atoms with E-state index in [2.05, 4.69) is 19.2 Å². The molecule has 0 fully saturated rings. The van der Waals surface area contributed by atoms with Crippen molar-refractivity contribution < 1.29 is 4.79 Å². The molecule has 0 bridgehead atoms. The lowest BCUT2D eigenvalue weighted by Crippen LogP contribution is -2.55. The van der Waals surface area contributed by atoms with Gasteiger partial charge < -0.3 is 11.1 Å². The minimum atomic E-state index is -0.559. The summed E-state index contributed by atoms with van der Waals surface area (Å²) in [5.41, 5.74) is 4.92. The van der Waals surface area contributed by atoms with Crippen LogP contribution in [0.25, 0.3) is 0 Å². The third-order valence-corrected chi connectivity index (χ3v) is 3.86. The van der Waals surface area contributed by atoms with Gasteiger partial charge in [0.05, 0.1) is 5.54 Å². The van der Waals surface area contributed by atoms with Gasteiger partial charge in [-0.05, 0) is 44.6 Å². The topological polar surface area (TPSA) is 55.1 Å². The monoisotopic (exact) mass is 260 g/mol. The Hall–Kier alpha value is -0.220. The molecule has 0 aliphatic rings. The smallest absolute Gasteiger partial charge is 0.237 e. The van der Waals surface area contributed by atoms with E-state index in [4.69, 9.17) is 5.73 Å². The van der Waals surface area contributed by atoms with Gasteiger partial charge in [0.25, 0.3) is 0 Å². The Morgan fingerprint density at radius 1 is 1.29 bits per heavy atom. The highest BCUT2D eigenvalue weighted by atomic mass is 32.2. The molecule has 0 radical (unpaired) electrons. The van der Waals surface area contributed by atoms with Crippen LogP contribution in [0.1, 0.15) is 53.9 Å². The maximum Gasteiger partial charge on any atom is 0.237 e. The number of carbonyl (C=O) groups excluding carboxylic acids is 1. The van der Waals surface area contributed by atoms with Crippen LogP contribution in [0.5, 0.6) is 0 Å². The van der Waals surface area contributed by atoms with Crippen LogP contribution >= 0.6 is 11.8 Å². The molecule has 0 aliphatic carbocycles. The standard InChI is InChI=1S/C13H28N2OS/c1-10(2)15-13(5,12(14)16)8-6-7-9-17-11(3)4/h10-11,15H,6-9H2,1-5H3,(H2,14,16). The van der Waals surface area contributed by atoms with Crippen molar-refractivity contribution in [2.24, 2.45) is 5.73 Å². The Labute approximate surface area is 110 Å². The Kier molecular flexibility index (Phi) is 7.88. The molecule has 0 aromatic heterocycles. The van der Waals surface area contributed by atoms with Gasteiger partial charge in [-0.3, -0.25) is 4.79 Å². The molecule has 4 heteroatoms. The maximum absolute atomic E-state index is 11.5. The number of nitrogens with two attached hydrogens (primary N) is 1. The highest BCUT2D eigenvalue weighted by molar-refractivity contribution is 7.99. The van der Waals surface area contributed by atoms with E-state index < -0.39 is 5.54 Å². The molecule has 0 saturated heterocycles. The highest BCUT2D eigenvalue weighted by Crippen LogP contribution is 2.17. The first-order valence-corrected chi connectivity index (χ1v) is 7.52. The zero-order valence-corrected chi connectivity index (χ0v) is 12.7. The number of carbonyl (C=O) groups is 1. The van der Waals surface area contributed by atoms with Crippen molar-refractivity contribution in [1.82, 2.24) is 5.32 Å². The first kappa shape index (κ1) is 16.8. The van der Waals surface area contributed by atoms with E-state index in [1.54, 1.807) is 0 Å². The molecule has 0 heterocycles. The first-order valence-electron chi connectivity index (χ1n) is 6.47. The minimum absolute atomic E-state index is 0.247. The van der Waals surface area contributed by atoms with Gasteiger partial charge in [-0.15, -0.1) is 0 Å². The number of nitrogens with one attached hydrogen (secondary N) is 1. The molecule has 0 aliphatic heterocycles. The van der Waals surface area contributed by atoms with Crippen molar-refractivity contribution in [3.8, 4) is 0 Å². The average Bonchev–Trinajstić information content (AvgIpc) is 2.15. The van der Waals surface area contributed by atoms with Crippen LogP contribution in [0.4, 0.5) is 0 Å². The van der Waals surface area contributed by atoms with Crippen LogP contribution in [0.3, 0.4) is 0 Å². The highest BCUT2D eigenvalue weighted by Gasteiger charge is 2.30. The number of amides is 1. The normalized spacial score (nSPS) is 15.2. The fourth-order valence-electron chi connectivity index (χ4n) is 1.80.